The maximum absolute atomic E-state index is 13.4. The summed E-state index contributed by atoms with van der Waals surface area (Å²) < 4.78 is 15.2. The number of nitrogens with zero attached hydrogens (tertiary/aromatic N) is 1. The van der Waals surface area contributed by atoms with Gasteiger partial charge in [-0.15, -0.1) is 0 Å². The Kier molecular flexibility index (Phi) is 6.73. The zero-order valence-corrected chi connectivity index (χ0v) is 19.1. The van der Waals surface area contributed by atoms with Gasteiger partial charge in [-0.1, -0.05) is 11.6 Å². The molecule has 0 aliphatic carbocycles. The number of hydrogen-bond donors (Lipinski definition) is 4. The molecule has 0 spiro atoms. The second-order valence-corrected chi connectivity index (χ2v) is 8.66. The third-order valence-electron chi connectivity index (χ3n) is 5.59. The summed E-state index contributed by atoms with van der Waals surface area (Å²) in [5.74, 6) is -2.07. The van der Waals surface area contributed by atoms with Gasteiger partial charge in [-0.25, -0.2) is 4.39 Å². The highest BCUT2D eigenvalue weighted by molar-refractivity contribution is 6.31. The fourth-order valence-electron chi connectivity index (χ4n) is 4.02. The van der Waals surface area contributed by atoms with Gasteiger partial charge >= 0.3 is 0 Å². The summed E-state index contributed by atoms with van der Waals surface area (Å²) in [5, 5.41) is 18.2. The predicted molar refractivity (Wildman–Crippen MR) is 118 cm³/mol. The molecule has 3 rings (SSSR count). The van der Waals surface area contributed by atoms with Crippen LogP contribution in [-0.4, -0.2) is 46.1 Å². The molecule has 0 saturated heterocycles. The van der Waals surface area contributed by atoms with E-state index < -0.39 is 29.3 Å². The number of anilines is 1. The number of hydrogen-bond acceptors (Lipinski definition) is 5. The van der Waals surface area contributed by atoms with E-state index in [9.17, 15) is 23.9 Å². The molecule has 0 fully saturated rings. The van der Waals surface area contributed by atoms with Crippen molar-refractivity contribution in [3.63, 3.8) is 0 Å². The molecule has 1 aliphatic heterocycles. The zero-order valence-electron chi connectivity index (χ0n) is 18.3. The third-order valence-corrected chi connectivity index (χ3v) is 5.88. The Balaban J connectivity index is 1.91. The van der Waals surface area contributed by atoms with E-state index in [4.69, 9.17) is 11.6 Å². The van der Waals surface area contributed by atoms with Crippen LogP contribution in [0, 0.1) is 12.7 Å². The Morgan fingerprint density at radius 3 is 2.59 bits per heavy atom. The highest BCUT2D eigenvalue weighted by Gasteiger charge is 2.36. The topological polar surface area (TPSA) is 112 Å². The Bertz CT molecular complexity index is 1100. The van der Waals surface area contributed by atoms with Crippen molar-refractivity contribution in [2.75, 3.05) is 12.4 Å². The summed E-state index contributed by atoms with van der Waals surface area (Å²) in [5.41, 5.74) is 0.762. The van der Waals surface area contributed by atoms with Gasteiger partial charge in [-0.05, 0) is 57.4 Å². The summed E-state index contributed by atoms with van der Waals surface area (Å²) in [6, 6.07) is 3.85. The molecule has 2 heterocycles. The molecule has 1 aliphatic rings. The van der Waals surface area contributed by atoms with Crippen molar-refractivity contribution in [3.8, 4) is 0 Å². The lowest BCUT2D eigenvalue weighted by atomic mass is 9.99. The number of benzene rings is 1. The first-order valence-corrected chi connectivity index (χ1v) is 10.6. The van der Waals surface area contributed by atoms with Gasteiger partial charge in [-0.2, -0.15) is 0 Å². The van der Waals surface area contributed by atoms with Gasteiger partial charge in [-0.3, -0.25) is 19.7 Å². The van der Waals surface area contributed by atoms with E-state index in [2.05, 4.69) is 16.0 Å². The van der Waals surface area contributed by atoms with Gasteiger partial charge in [0.2, 0.25) is 11.7 Å². The summed E-state index contributed by atoms with van der Waals surface area (Å²) in [7, 11) is 1.46. The highest BCUT2D eigenvalue weighted by Crippen LogP contribution is 2.31. The lowest BCUT2D eigenvalue weighted by molar-refractivity contribution is -0.126. The molecule has 1 unspecified atom stereocenters. The molecule has 4 N–H and O–H groups in total. The van der Waals surface area contributed by atoms with Crippen LogP contribution in [0.5, 0.6) is 0 Å². The SMILES string of the molecule is CNC(=O)C(C)(C)NC(O)C(=O)c1c(C)c(C(=O)Nc2ccc(F)c(Cl)c2)n2c1CCC2. The van der Waals surface area contributed by atoms with Gasteiger partial charge in [0.15, 0.2) is 6.23 Å². The van der Waals surface area contributed by atoms with Crippen LogP contribution in [0.2, 0.25) is 5.02 Å². The van der Waals surface area contributed by atoms with Crippen molar-refractivity contribution in [1.82, 2.24) is 15.2 Å². The van der Waals surface area contributed by atoms with Crippen molar-refractivity contribution in [3.05, 3.63) is 51.6 Å². The molecular weight excluding hydrogens is 439 g/mol. The quantitative estimate of drug-likeness (QED) is 0.371. The monoisotopic (exact) mass is 464 g/mol. The molecular formula is C22H26ClFN4O4. The molecule has 0 saturated carbocycles. The van der Waals surface area contributed by atoms with E-state index in [0.717, 1.165) is 12.5 Å². The number of halogens is 2. The molecule has 2 aromatic rings. The van der Waals surface area contributed by atoms with Crippen LogP contribution in [0.1, 0.15) is 52.4 Å². The lowest BCUT2D eigenvalue weighted by Crippen LogP contribution is -2.57. The number of aliphatic hydroxyl groups is 1. The Labute approximate surface area is 190 Å². The van der Waals surface area contributed by atoms with Crippen LogP contribution in [0.25, 0.3) is 0 Å². The zero-order chi connectivity index (χ0) is 23.8. The van der Waals surface area contributed by atoms with E-state index in [1.165, 1.54) is 19.2 Å². The first kappa shape index (κ1) is 23.9. The van der Waals surface area contributed by atoms with E-state index in [1.807, 2.05) is 0 Å². The molecule has 10 heteroatoms. The van der Waals surface area contributed by atoms with Crippen molar-refractivity contribution < 1.29 is 23.9 Å². The predicted octanol–water partition coefficient (Wildman–Crippen LogP) is 2.40. The first-order chi connectivity index (χ1) is 15.0. The number of Topliss-reactive ketones (excluding diaryl/α,β-unsaturated/α-hetero) is 1. The maximum Gasteiger partial charge on any atom is 0.272 e. The molecule has 1 aromatic carbocycles. The van der Waals surface area contributed by atoms with Gasteiger partial charge < -0.3 is 20.3 Å². The average Bonchev–Trinajstić information content (AvgIpc) is 3.28. The second kappa shape index (κ2) is 9.01. The smallest absolute Gasteiger partial charge is 0.272 e. The molecule has 8 nitrogen and oxygen atoms in total. The van der Waals surface area contributed by atoms with Crippen LogP contribution >= 0.6 is 11.6 Å². The van der Waals surface area contributed by atoms with E-state index in [-0.39, 0.29) is 16.5 Å². The summed E-state index contributed by atoms with van der Waals surface area (Å²) in [6.07, 6.45) is -0.324. The van der Waals surface area contributed by atoms with Gasteiger partial charge in [0.05, 0.1) is 10.6 Å². The average molecular weight is 465 g/mol. The third kappa shape index (κ3) is 4.41. The number of nitrogens with one attached hydrogen (secondary N) is 3. The van der Waals surface area contributed by atoms with E-state index in [1.54, 1.807) is 25.3 Å². The number of aromatic nitrogens is 1. The van der Waals surface area contributed by atoms with Crippen molar-refractivity contribution in [2.24, 2.45) is 0 Å². The van der Waals surface area contributed by atoms with Gasteiger partial charge in [0, 0.05) is 30.5 Å². The Morgan fingerprint density at radius 1 is 1.28 bits per heavy atom. The van der Waals surface area contributed by atoms with Crippen LogP contribution in [0.3, 0.4) is 0 Å². The summed E-state index contributed by atoms with van der Waals surface area (Å²) in [4.78, 5) is 38.2. The molecule has 2 amide bonds. The molecule has 32 heavy (non-hydrogen) atoms. The summed E-state index contributed by atoms with van der Waals surface area (Å²) in [6.45, 7) is 5.28. The fraction of sp³-hybridized carbons (Fsp3) is 0.409. The number of aliphatic hydroxyl groups excluding tert-OH is 1. The molecule has 0 bridgehead atoms. The number of carbonyl (C=O) groups excluding carboxylic acids is 3. The van der Waals surface area contributed by atoms with Crippen LogP contribution in [-0.2, 0) is 17.8 Å². The van der Waals surface area contributed by atoms with Crippen molar-refractivity contribution >= 4 is 34.9 Å². The minimum absolute atomic E-state index is 0.122. The second-order valence-electron chi connectivity index (χ2n) is 8.25. The van der Waals surface area contributed by atoms with E-state index >= 15 is 0 Å². The minimum Gasteiger partial charge on any atom is -0.371 e. The summed E-state index contributed by atoms with van der Waals surface area (Å²) >= 11 is 5.79. The number of fused-ring (bicyclic) bond motifs is 1. The molecule has 1 aromatic heterocycles. The number of rotatable bonds is 7. The Hall–Kier alpha value is -2.75. The molecule has 172 valence electrons. The van der Waals surface area contributed by atoms with Crippen LogP contribution in [0.15, 0.2) is 18.2 Å². The van der Waals surface area contributed by atoms with Crippen LogP contribution < -0.4 is 16.0 Å². The highest BCUT2D eigenvalue weighted by atomic mass is 35.5. The maximum atomic E-state index is 13.4. The fourth-order valence-corrected chi connectivity index (χ4v) is 4.21. The number of likely N-dealkylation sites (N-methyl/N-ethyl adjacent to an activating group) is 1. The van der Waals surface area contributed by atoms with Crippen LogP contribution in [0.4, 0.5) is 10.1 Å². The Morgan fingerprint density at radius 2 is 1.97 bits per heavy atom. The van der Waals surface area contributed by atoms with Crippen molar-refractivity contribution in [1.29, 1.82) is 0 Å². The number of amides is 2. The van der Waals surface area contributed by atoms with Gasteiger partial charge in [0.1, 0.15) is 11.5 Å². The van der Waals surface area contributed by atoms with Crippen molar-refractivity contribution in [2.45, 2.75) is 51.9 Å². The number of ketones is 1. The minimum atomic E-state index is -1.64. The first-order valence-electron chi connectivity index (χ1n) is 10.2. The molecule has 1 atom stereocenters. The molecule has 0 radical (unpaired) electrons. The number of carbonyl (C=O) groups is 3. The lowest BCUT2D eigenvalue weighted by Gasteiger charge is -2.27. The largest absolute Gasteiger partial charge is 0.371 e. The normalized spacial score (nSPS) is 14.1. The standard InChI is InChI=1S/C22H26ClFN4O4/c1-11-16(18(29)20(31)27-22(2,3)21(32)25-4)15-6-5-9-28(15)17(11)19(30)26-12-7-8-14(24)13(23)10-12/h7-8,10,20,27,31H,5-6,9H2,1-4H3,(H,25,32)(H,26,30). The van der Waals surface area contributed by atoms with E-state index in [0.29, 0.717) is 35.6 Å². The van der Waals surface area contributed by atoms with Gasteiger partial charge in [0.25, 0.3) is 5.91 Å².